The lowest BCUT2D eigenvalue weighted by Crippen LogP contribution is -2.44. The molecule has 126 valence electrons. The van der Waals surface area contributed by atoms with E-state index in [1.54, 1.807) is 0 Å². The monoisotopic (exact) mass is 333 g/mol. The lowest BCUT2D eigenvalue weighted by Gasteiger charge is -2.42. The Kier molecular flexibility index (Phi) is 4.42. The van der Waals surface area contributed by atoms with Crippen molar-refractivity contribution in [1.29, 1.82) is 0 Å². The van der Waals surface area contributed by atoms with E-state index in [1.165, 1.54) is 24.5 Å². The van der Waals surface area contributed by atoms with Crippen LogP contribution in [0.3, 0.4) is 0 Å². The molecule has 1 aliphatic rings. The van der Waals surface area contributed by atoms with Crippen molar-refractivity contribution in [2.45, 2.75) is 25.7 Å². The van der Waals surface area contributed by atoms with Gasteiger partial charge in [-0.3, -0.25) is 4.79 Å². The fraction of sp³-hybridized carbons (Fsp3) is 0.353. The molecule has 1 fully saturated rings. The van der Waals surface area contributed by atoms with E-state index in [0.29, 0.717) is 18.5 Å². The van der Waals surface area contributed by atoms with Crippen LogP contribution < -0.4 is 11.0 Å². The van der Waals surface area contributed by atoms with Crippen LogP contribution in [0.15, 0.2) is 35.4 Å². The maximum absolute atomic E-state index is 13.9. The summed E-state index contributed by atoms with van der Waals surface area (Å²) >= 11 is 0. The topological polar surface area (TPSA) is 74.8 Å². The second kappa shape index (κ2) is 6.51. The van der Waals surface area contributed by atoms with Crippen LogP contribution in [0.2, 0.25) is 0 Å². The van der Waals surface area contributed by atoms with Gasteiger partial charge in [0.25, 0.3) is 5.91 Å². The zero-order chi connectivity index (χ0) is 17.2. The molecule has 2 aromatic rings. The third-order valence-corrected chi connectivity index (χ3v) is 4.55. The molecule has 1 aliphatic carbocycles. The van der Waals surface area contributed by atoms with E-state index < -0.39 is 17.3 Å². The highest BCUT2D eigenvalue weighted by Gasteiger charge is 2.38. The predicted octanol–water partition coefficient (Wildman–Crippen LogP) is 2.19. The standard InChI is InChI=1S/C17H17F2N3O2/c18-13-3-2-11(14(19)6-13)7-17(4-1-5-17)10-22-15(23)12-8-20-16(24)21-9-12/h2-3,6,8-9H,1,4-5,7,10H2,(H,22,23)(H,20,21,24). The molecule has 24 heavy (non-hydrogen) atoms. The summed E-state index contributed by atoms with van der Waals surface area (Å²) in [6, 6.07) is 3.58. The Bertz CT molecular complexity index is 795. The average molecular weight is 333 g/mol. The van der Waals surface area contributed by atoms with E-state index >= 15 is 0 Å². The van der Waals surface area contributed by atoms with Gasteiger partial charge in [0, 0.05) is 25.0 Å². The van der Waals surface area contributed by atoms with Crippen molar-refractivity contribution in [1.82, 2.24) is 15.3 Å². The van der Waals surface area contributed by atoms with Gasteiger partial charge in [-0.15, -0.1) is 0 Å². The largest absolute Gasteiger partial charge is 0.351 e. The van der Waals surface area contributed by atoms with Crippen LogP contribution in [0.5, 0.6) is 0 Å². The Labute approximate surface area is 137 Å². The zero-order valence-electron chi connectivity index (χ0n) is 12.9. The highest BCUT2D eigenvalue weighted by atomic mass is 19.1. The maximum Gasteiger partial charge on any atom is 0.344 e. The highest BCUT2D eigenvalue weighted by molar-refractivity contribution is 5.93. The molecule has 3 rings (SSSR count). The number of nitrogens with zero attached hydrogens (tertiary/aromatic N) is 1. The molecule has 7 heteroatoms. The van der Waals surface area contributed by atoms with E-state index in [0.717, 1.165) is 25.3 Å². The van der Waals surface area contributed by atoms with Crippen molar-refractivity contribution in [3.05, 3.63) is 63.8 Å². The number of carbonyl (C=O) groups excluding carboxylic acids is 1. The number of H-pyrrole nitrogens is 1. The Hall–Kier alpha value is -2.57. The van der Waals surface area contributed by atoms with E-state index in [2.05, 4.69) is 15.3 Å². The molecule has 5 nitrogen and oxygen atoms in total. The van der Waals surface area contributed by atoms with Crippen LogP contribution in [-0.4, -0.2) is 22.4 Å². The molecule has 0 spiro atoms. The van der Waals surface area contributed by atoms with Crippen molar-refractivity contribution in [3.8, 4) is 0 Å². The molecule has 0 unspecified atom stereocenters. The summed E-state index contributed by atoms with van der Waals surface area (Å²) in [6.07, 6.45) is 5.71. The number of nitrogens with one attached hydrogen (secondary N) is 2. The average Bonchev–Trinajstić information content (AvgIpc) is 2.52. The molecular formula is C17H17F2N3O2. The van der Waals surface area contributed by atoms with Crippen molar-refractivity contribution in [3.63, 3.8) is 0 Å². The van der Waals surface area contributed by atoms with Crippen LogP contribution in [0, 0.1) is 17.0 Å². The quantitative estimate of drug-likeness (QED) is 0.881. The van der Waals surface area contributed by atoms with Gasteiger partial charge in [-0.05, 0) is 36.3 Å². The number of rotatable bonds is 5. The van der Waals surface area contributed by atoms with Crippen LogP contribution in [0.1, 0.15) is 35.2 Å². The first-order valence-electron chi connectivity index (χ1n) is 7.74. The van der Waals surface area contributed by atoms with Crippen molar-refractivity contribution < 1.29 is 13.6 Å². The summed E-state index contributed by atoms with van der Waals surface area (Å²) in [5.41, 5.74) is -0.0221. The van der Waals surface area contributed by atoms with Gasteiger partial charge in [0.05, 0.1) is 5.56 Å². The van der Waals surface area contributed by atoms with Crippen LogP contribution >= 0.6 is 0 Å². The summed E-state index contributed by atoms with van der Waals surface area (Å²) in [6.45, 7) is 0.391. The number of aromatic amines is 1. The molecule has 1 aromatic carbocycles. The smallest absolute Gasteiger partial charge is 0.344 e. The summed E-state index contributed by atoms with van der Waals surface area (Å²) < 4.78 is 26.9. The van der Waals surface area contributed by atoms with Gasteiger partial charge in [-0.1, -0.05) is 12.5 Å². The van der Waals surface area contributed by atoms with Gasteiger partial charge >= 0.3 is 5.69 Å². The second-order valence-electron chi connectivity index (χ2n) is 6.26. The van der Waals surface area contributed by atoms with Crippen LogP contribution in [0.4, 0.5) is 8.78 Å². The summed E-state index contributed by atoms with van der Waals surface area (Å²) in [5, 5.41) is 2.81. The van der Waals surface area contributed by atoms with E-state index in [1.807, 2.05) is 0 Å². The third kappa shape index (κ3) is 3.50. The molecule has 1 saturated carbocycles. The SMILES string of the molecule is O=C(NCC1(Cc2ccc(F)cc2F)CCC1)c1cnc(=O)[nH]c1. The lowest BCUT2D eigenvalue weighted by atomic mass is 9.65. The van der Waals surface area contributed by atoms with Gasteiger partial charge in [0.1, 0.15) is 11.6 Å². The number of hydrogen-bond acceptors (Lipinski definition) is 3. The number of hydrogen-bond donors (Lipinski definition) is 2. The first kappa shape index (κ1) is 16.3. The third-order valence-electron chi connectivity index (χ3n) is 4.55. The Morgan fingerprint density at radius 2 is 2.12 bits per heavy atom. The second-order valence-corrected chi connectivity index (χ2v) is 6.26. The minimum absolute atomic E-state index is 0.218. The van der Waals surface area contributed by atoms with Crippen LogP contribution in [0.25, 0.3) is 0 Å². The molecule has 1 heterocycles. The number of aromatic nitrogens is 2. The van der Waals surface area contributed by atoms with Gasteiger partial charge in [-0.25, -0.2) is 18.6 Å². The van der Waals surface area contributed by atoms with Gasteiger partial charge in [0.2, 0.25) is 0 Å². The Balaban J connectivity index is 1.66. The van der Waals surface area contributed by atoms with Crippen molar-refractivity contribution >= 4 is 5.91 Å². The zero-order valence-corrected chi connectivity index (χ0v) is 12.9. The molecule has 0 bridgehead atoms. The Morgan fingerprint density at radius 3 is 2.71 bits per heavy atom. The summed E-state index contributed by atoms with van der Waals surface area (Å²) in [4.78, 5) is 28.9. The number of benzene rings is 1. The first-order chi connectivity index (χ1) is 11.5. The fourth-order valence-electron chi connectivity index (χ4n) is 3.00. The first-order valence-corrected chi connectivity index (χ1v) is 7.74. The lowest BCUT2D eigenvalue weighted by molar-refractivity contribution is 0.0857. The molecule has 1 amide bonds. The summed E-state index contributed by atoms with van der Waals surface area (Å²) in [7, 11) is 0. The van der Waals surface area contributed by atoms with Crippen molar-refractivity contribution in [2.24, 2.45) is 5.41 Å². The molecule has 0 atom stereocenters. The van der Waals surface area contributed by atoms with Gasteiger partial charge in [-0.2, -0.15) is 0 Å². The molecule has 1 aromatic heterocycles. The summed E-state index contributed by atoms with van der Waals surface area (Å²) in [5.74, 6) is -1.50. The molecular weight excluding hydrogens is 316 g/mol. The van der Waals surface area contributed by atoms with Gasteiger partial charge in [0.15, 0.2) is 0 Å². The maximum atomic E-state index is 13.9. The highest BCUT2D eigenvalue weighted by Crippen LogP contribution is 2.43. The minimum Gasteiger partial charge on any atom is -0.351 e. The Morgan fingerprint density at radius 1 is 1.33 bits per heavy atom. The fourth-order valence-corrected chi connectivity index (χ4v) is 3.00. The number of halogens is 2. The molecule has 0 radical (unpaired) electrons. The van der Waals surface area contributed by atoms with E-state index in [4.69, 9.17) is 0 Å². The number of amides is 1. The van der Waals surface area contributed by atoms with Crippen molar-refractivity contribution in [2.75, 3.05) is 6.54 Å². The van der Waals surface area contributed by atoms with E-state index in [-0.39, 0.29) is 16.9 Å². The molecule has 0 saturated heterocycles. The van der Waals surface area contributed by atoms with E-state index in [9.17, 15) is 18.4 Å². The number of carbonyl (C=O) groups is 1. The predicted molar refractivity (Wildman–Crippen MR) is 83.5 cm³/mol. The van der Waals surface area contributed by atoms with Gasteiger partial charge < -0.3 is 10.3 Å². The molecule has 0 aliphatic heterocycles. The minimum atomic E-state index is -0.599. The normalized spacial score (nSPS) is 15.6. The van der Waals surface area contributed by atoms with Crippen LogP contribution in [-0.2, 0) is 6.42 Å². The molecule has 2 N–H and O–H groups in total.